The average Bonchev–Trinajstić information content (AvgIpc) is 2.23. The molecule has 2 aromatic rings. The van der Waals surface area contributed by atoms with E-state index in [9.17, 15) is 0 Å². The Bertz CT molecular complexity index is 538. The minimum absolute atomic E-state index is 0.282. The monoisotopic (exact) mass is 233 g/mol. The molecule has 1 heterocycles. The summed E-state index contributed by atoms with van der Waals surface area (Å²) in [7, 11) is 0. The maximum Gasteiger partial charge on any atom is 0.220 e. The first-order valence-corrected chi connectivity index (χ1v) is 5.31. The second-order valence-corrected chi connectivity index (χ2v) is 4.12. The minimum atomic E-state index is 0.282. The van der Waals surface area contributed by atoms with Gasteiger partial charge in [0, 0.05) is 16.8 Å². The summed E-state index contributed by atoms with van der Waals surface area (Å²) in [5.41, 5.74) is 9.53. The molecule has 0 spiro atoms. The number of halogens is 1. The third kappa shape index (κ3) is 1.99. The lowest BCUT2D eigenvalue weighted by molar-refractivity contribution is 1.18. The number of rotatable bonds is 1. The van der Waals surface area contributed by atoms with Crippen LogP contribution >= 0.6 is 11.6 Å². The number of anilines is 1. The van der Waals surface area contributed by atoms with Crippen LogP contribution in [0.5, 0.6) is 0 Å². The van der Waals surface area contributed by atoms with Crippen LogP contribution in [0, 0.1) is 13.8 Å². The largest absolute Gasteiger partial charge is 0.368 e. The van der Waals surface area contributed by atoms with Gasteiger partial charge in [0.05, 0.1) is 5.69 Å². The van der Waals surface area contributed by atoms with Crippen LogP contribution in [-0.2, 0) is 0 Å². The van der Waals surface area contributed by atoms with Crippen LogP contribution in [-0.4, -0.2) is 9.97 Å². The molecule has 0 saturated heterocycles. The standard InChI is InChI=1S/C12H12ClN3/c1-7-6-10(13)8(2)5-9(7)11-3-4-15-12(14)16-11/h3-6H,1-2H3,(H2,14,15,16). The molecule has 2 N–H and O–H groups in total. The molecule has 3 nitrogen and oxygen atoms in total. The summed E-state index contributed by atoms with van der Waals surface area (Å²) in [6, 6.07) is 5.79. The van der Waals surface area contributed by atoms with E-state index in [1.165, 1.54) is 0 Å². The summed E-state index contributed by atoms with van der Waals surface area (Å²) in [4.78, 5) is 8.07. The van der Waals surface area contributed by atoms with Crippen LogP contribution in [0.25, 0.3) is 11.3 Å². The molecule has 0 saturated carbocycles. The number of nitrogens with zero attached hydrogens (tertiary/aromatic N) is 2. The summed E-state index contributed by atoms with van der Waals surface area (Å²) >= 11 is 6.05. The summed E-state index contributed by atoms with van der Waals surface area (Å²) in [6.07, 6.45) is 1.65. The van der Waals surface area contributed by atoms with E-state index in [0.717, 1.165) is 27.4 Å². The molecule has 0 aliphatic heterocycles. The fraction of sp³-hybridized carbons (Fsp3) is 0.167. The smallest absolute Gasteiger partial charge is 0.220 e. The zero-order valence-electron chi connectivity index (χ0n) is 9.16. The number of aryl methyl sites for hydroxylation is 2. The highest BCUT2D eigenvalue weighted by atomic mass is 35.5. The van der Waals surface area contributed by atoms with E-state index in [4.69, 9.17) is 17.3 Å². The van der Waals surface area contributed by atoms with Gasteiger partial charge in [0.25, 0.3) is 0 Å². The van der Waals surface area contributed by atoms with Gasteiger partial charge in [-0.1, -0.05) is 11.6 Å². The Balaban J connectivity index is 2.60. The third-order valence-corrected chi connectivity index (χ3v) is 2.86. The van der Waals surface area contributed by atoms with Crippen molar-refractivity contribution in [3.63, 3.8) is 0 Å². The van der Waals surface area contributed by atoms with Crippen molar-refractivity contribution >= 4 is 17.5 Å². The van der Waals surface area contributed by atoms with Gasteiger partial charge < -0.3 is 5.73 Å². The van der Waals surface area contributed by atoms with E-state index in [1.807, 2.05) is 32.0 Å². The summed E-state index contributed by atoms with van der Waals surface area (Å²) < 4.78 is 0. The number of benzene rings is 1. The number of hydrogen-bond acceptors (Lipinski definition) is 3. The lowest BCUT2D eigenvalue weighted by atomic mass is 10.0. The third-order valence-electron chi connectivity index (χ3n) is 2.46. The van der Waals surface area contributed by atoms with Crippen molar-refractivity contribution in [2.24, 2.45) is 0 Å². The SMILES string of the molecule is Cc1cc(-c2ccnc(N)n2)c(C)cc1Cl. The van der Waals surface area contributed by atoms with Gasteiger partial charge in [-0.15, -0.1) is 0 Å². The second kappa shape index (κ2) is 4.10. The van der Waals surface area contributed by atoms with Crippen LogP contribution in [0.1, 0.15) is 11.1 Å². The normalized spacial score (nSPS) is 10.4. The summed E-state index contributed by atoms with van der Waals surface area (Å²) in [6.45, 7) is 3.97. The van der Waals surface area contributed by atoms with E-state index >= 15 is 0 Å². The highest BCUT2D eigenvalue weighted by Crippen LogP contribution is 2.27. The van der Waals surface area contributed by atoms with Crippen molar-refractivity contribution in [1.29, 1.82) is 0 Å². The molecule has 0 unspecified atom stereocenters. The zero-order chi connectivity index (χ0) is 11.7. The quantitative estimate of drug-likeness (QED) is 0.824. The number of aromatic nitrogens is 2. The lowest BCUT2D eigenvalue weighted by Crippen LogP contribution is -1.96. The number of hydrogen-bond donors (Lipinski definition) is 1. The Hall–Kier alpha value is -1.61. The molecule has 0 radical (unpaired) electrons. The Morgan fingerprint density at radius 1 is 1.19 bits per heavy atom. The molecule has 2 rings (SSSR count). The molecule has 0 aliphatic carbocycles. The van der Waals surface area contributed by atoms with Crippen LogP contribution in [0.4, 0.5) is 5.95 Å². The van der Waals surface area contributed by atoms with Gasteiger partial charge in [-0.2, -0.15) is 0 Å². The van der Waals surface area contributed by atoms with Crippen LogP contribution in [0.3, 0.4) is 0 Å². The molecule has 16 heavy (non-hydrogen) atoms. The molecule has 0 amide bonds. The summed E-state index contributed by atoms with van der Waals surface area (Å²) in [5.74, 6) is 0.282. The maximum atomic E-state index is 6.05. The fourth-order valence-electron chi connectivity index (χ4n) is 1.58. The van der Waals surface area contributed by atoms with Crippen LogP contribution in [0.15, 0.2) is 24.4 Å². The van der Waals surface area contributed by atoms with Crippen LogP contribution < -0.4 is 5.73 Å². The predicted octanol–water partition coefficient (Wildman–Crippen LogP) is 3.00. The molecular weight excluding hydrogens is 222 g/mol. The molecule has 1 aromatic carbocycles. The second-order valence-electron chi connectivity index (χ2n) is 3.72. The van der Waals surface area contributed by atoms with Gasteiger partial charge in [0.1, 0.15) is 0 Å². The van der Waals surface area contributed by atoms with Gasteiger partial charge in [-0.25, -0.2) is 9.97 Å². The Morgan fingerprint density at radius 2 is 1.94 bits per heavy atom. The first-order valence-electron chi connectivity index (χ1n) is 4.93. The van der Waals surface area contributed by atoms with E-state index < -0.39 is 0 Å². The fourth-order valence-corrected chi connectivity index (χ4v) is 1.80. The molecule has 1 aromatic heterocycles. The van der Waals surface area contributed by atoms with Crippen LogP contribution in [0.2, 0.25) is 5.02 Å². The highest BCUT2D eigenvalue weighted by Gasteiger charge is 2.07. The van der Waals surface area contributed by atoms with E-state index in [-0.39, 0.29) is 5.95 Å². The van der Waals surface area contributed by atoms with E-state index in [2.05, 4.69) is 9.97 Å². The van der Waals surface area contributed by atoms with Crippen molar-refractivity contribution in [3.8, 4) is 11.3 Å². The van der Waals surface area contributed by atoms with Crippen molar-refractivity contribution < 1.29 is 0 Å². The van der Waals surface area contributed by atoms with Gasteiger partial charge in [0.2, 0.25) is 5.95 Å². The van der Waals surface area contributed by atoms with Crippen molar-refractivity contribution in [2.75, 3.05) is 5.73 Å². The molecule has 0 fully saturated rings. The van der Waals surface area contributed by atoms with E-state index in [0.29, 0.717) is 0 Å². The predicted molar refractivity (Wildman–Crippen MR) is 66.4 cm³/mol. The van der Waals surface area contributed by atoms with Crippen molar-refractivity contribution in [1.82, 2.24) is 9.97 Å². The zero-order valence-corrected chi connectivity index (χ0v) is 9.92. The topological polar surface area (TPSA) is 51.8 Å². The Labute approximate surface area is 99.3 Å². The molecule has 0 bridgehead atoms. The molecule has 0 atom stereocenters. The highest BCUT2D eigenvalue weighted by molar-refractivity contribution is 6.31. The van der Waals surface area contributed by atoms with Gasteiger partial charge in [-0.05, 0) is 43.2 Å². The summed E-state index contributed by atoms with van der Waals surface area (Å²) in [5, 5.41) is 0.767. The molecule has 4 heteroatoms. The maximum absolute atomic E-state index is 6.05. The minimum Gasteiger partial charge on any atom is -0.368 e. The average molecular weight is 234 g/mol. The Morgan fingerprint density at radius 3 is 2.62 bits per heavy atom. The van der Waals surface area contributed by atoms with Gasteiger partial charge in [-0.3, -0.25) is 0 Å². The van der Waals surface area contributed by atoms with Crippen molar-refractivity contribution in [3.05, 3.63) is 40.5 Å². The first kappa shape index (κ1) is 10.9. The molecule has 82 valence electrons. The first-order chi connectivity index (χ1) is 7.58. The van der Waals surface area contributed by atoms with Gasteiger partial charge in [0.15, 0.2) is 0 Å². The Kier molecular flexibility index (Phi) is 2.79. The number of nitrogen functional groups attached to an aromatic ring is 1. The number of nitrogens with two attached hydrogens (primary N) is 1. The lowest BCUT2D eigenvalue weighted by Gasteiger charge is -2.08. The van der Waals surface area contributed by atoms with Crippen molar-refractivity contribution in [2.45, 2.75) is 13.8 Å². The molecular formula is C12H12ClN3. The molecule has 0 aliphatic rings. The van der Waals surface area contributed by atoms with Gasteiger partial charge >= 0.3 is 0 Å². The van der Waals surface area contributed by atoms with E-state index in [1.54, 1.807) is 6.20 Å².